The number of para-hydroxylation sites is 1. The van der Waals surface area contributed by atoms with Crippen LogP contribution in [0.5, 0.6) is 5.75 Å². The van der Waals surface area contributed by atoms with Gasteiger partial charge in [-0.05, 0) is 43.2 Å². The zero-order chi connectivity index (χ0) is 25.7. The van der Waals surface area contributed by atoms with E-state index < -0.39 is 17.7 Å². The Labute approximate surface area is 216 Å². The van der Waals surface area contributed by atoms with Crippen molar-refractivity contribution < 1.29 is 17.9 Å². The third-order valence-electron chi connectivity index (χ3n) is 8.90. The van der Waals surface area contributed by atoms with E-state index in [1.165, 1.54) is 18.6 Å². The van der Waals surface area contributed by atoms with Crippen molar-refractivity contribution in [2.24, 2.45) is 11.3 Å². The molecule has 1 N–H and O–H groups in total. The van der Waals surface area contributed by atoms with Crippen LogP contribution in [-0.4, -0.2) is 60.3 Å². The summed E-state index contributed by atoms with van der Waals surface area (Å²) in [6.07, 6.45) is 4.34. The molecule has 0 bridgehead atoms. The van der Waals surface area contributed by atoms with E-state index in [0.29, 0.717) is 26.2 Å². The minimum absolute atomic E-state index is 0.0863. The van der Waals surface area contributed by atoms with Crippen LogP contribution < -0.4 is 4.74 Å². The van der Waals surface area contributed by atoms with Crippen molar-refractivity contribution in [3.8, 4) is 5.75 Å². The third-order valence-corrected chi connectivity index (χ3v) is 8.90. The Morgan fingerprint density at radius 3 is 2.51 bits per heavy atom. The van der Waals surface area contributed by atoms with E-state index in [1.807, 2.05) is 18.2 Å². The molecule has 7 heteroatoms. The number of nitrogens with one attached hydrogen (secondary N) is 1. The molecule has 1 saturated heterocycles. The number of alkyl halides is 1. The fourth-order valence-corrected chi connectivity index (χ4v) is 6.60. The van der Waals surface area contributed by atoms with Crippen LogP contribution in [0.25, 0.3) is 10.9 Å². The molecule has 2 aromatic carbocycles. The number of ether oxygens (including phenoxy) is 1. The highest BCUT2D eigenvalue weighted by molar-refractivity contribution is 5.85. The van der Waals surface area contributed by atoms with E-state index in [0.717, 1.165) is 48.0 Å². The Balaban J connectivity index is 1.32. The predicted molar refractivity (Wildman–Crippen MR) is 140 cm³/mol. The van der Waals surface area contributed by atoms with Crippen LogP contribution in [0.1, 0.15) is 56.0 Å². The van der Waals surface area contributed by atoms with Crippen molar-refractivity contribution in [2.45, 2.75) is 51.6 Å². The van der Waals surface area contributed by atoms with Crippen molar-refractivity contribution in [1.82, 2.24) is 14.8 Å². The monoisotopic (exact) mass is 511 g/mol. The number of hydrogen-bond acceptors (Lipinski definition) is 3. The van der Waals surface area contributed by atoms with E-state index in [1.54, 1.807) is 0 Å². The molecule has 2 atom stereocenters. The summed E-state index contributed by atoms with van der Waals surface area (Å²) in [7, 11) is 0. The zero-order valence-electron chi connectivity index (χ0n) is 21.7. The Hall–Kier alpha value is -2.51. The molecule has 2 aliphatic heterocycles. The highest BCUT2D eigenvalue weighted by Crippen LogP contribution is 2.48. The average molecular weight is 512 g/mol. The highest BCUT2D eigenvalue weighted by Gasteiger charge is 2.43. The standard InChI is InChI=1S/C30H36F3N3O/c1-19-12-23-22-6-3-4-7-26(22)34-28(23)29(36(19)18-30(2)8-5-9-30)27-24(32)13-21(14-25(27)33)37-11-10-35-16-20(15-31)17-35/h3-4,6-7,13-14,19-20,29,34H,5,8-12,15-18H2,1-2H3/t19-,29-/m1/s1. The lowest BCUT2D eigenvalue weighted by Gasteiger charge is -2.49. The van der Waals surface area contributed by atoms with Gasteiger partial charge < -0.3 is 9.72 Å². The van der Waals surface area contributed by atoms with Crippen LogP contribution in [0.4, 0.5) is 13.2 Å². The molecular formula is C30H36F3N3O. The van der Waals surface area contributed by atoms with Gasteiger partial charge in [-0.3, -0.25) is 14.2 Å². The van der Waals surface area contributed by atoms with Crippen molar-refractivity contribution in [2.75, 3.05) is 39.5 Å². The van der Waals surface area contributed by atoms with Gasteiger partial charge >= 0.3 is 0 Å². The van der Waals surface area contributed by atoms with Crippen LogP contribution in [0, 0.1) is 23.0 Å². The van der Waals surface area contributed by atoms with E-state index in [-0.39, 0.29) is 35.4 Å². The van der Waals surface area contributed by atoms with Gasteiger partial charge in [-0.1, -0.05) is 31.5 Å². The zero-order valence-corrected chi connectivity index (χ0v) is 21.7. The van der Waals surface area contributed by atoms with Gasteiger partial charge in [0.15, 0.2) is 0 Å². The van der Waals surface area contributed by atoms with E-state index in [4.69, 9.17) is 4.74 Å². The van der Waals surface area contributed by atoms with Crippen LogP contribution in [0.15, 0.2) is 36.4 Å². The number of fused-ring (bicyclic) bond motifs is 3. The molecule has 3 aromatic rings. The summed E-state index contributed by atoms with van der Waals surface area (Å²) in [5.74, 6) is -0.862. The van der Waals surface area contributed by atoms with Crippen LogP contribution in [0.3, 0.4) is 0 Å². The molecule has 0 amide bonds. The summed E-state index contributed by atoms with van der Waals surface area (Å²) in [5, 5.41) is 1.13. The van der Waals surface area contributed by atoms with Crippen molar-refractivity contribution in [3.63, 3.8) is 0 Å². The molecule has 0 radical (unpaired) electrons. The summed E-state index contributed by atoms with van der Waals surface area (Å²) < 4.78 is 50.0. The molecule has 198 valence electrons. The Morgan fingerprint density at radius 2 is 1.84 bits per heavy atom. The number of halogens is 3. The predicted octanol–water partition coefficient (Wildman–Crippen LogP) is 6.25. The number of nitrogens with zero attached hydrogens (tertiary/aromatic N) is 2. The average Bonchev–Trinajstić information content (AvgIpc) is 3.19. The molecule has 3 aliphatic rings. The molecule has 1 aromatic heterocycles. The second-order valence-corrected chi connectivity index (χ2v) is 11.8. The molecule has 2 fully saturated rings. The molecule has 1 aliphatic carbocycles. The number of hydrogen-bond donors (Lipinski definition) is 1. The van der Waals surface area contributed by atoms with Crippen molar-refractivity contribution >= 4 is 10.9 Å². The minimum atomic E-state index is -0.580. The van der Waals surface area contributed by atoms with Gasteiger partial charge in [0.2, 0.25) is 0 Å². The topological polar surface area (TPSA) is 31.5 Å². The first kappa shape index (κ1) is 24.8. The largest absolute Gasteiger partial charge is 0.492 e. The lowest BCUT2D eigenvalue weighted by molar-refractivity contribution is 0.0362. The number of rotatable bonds is 8. The van der Waals surface area contributed by atoms with E-state index >= 15 is 8.78 Å². The number of H-pyrrole nitrogens is 1. The first-order chi connectivity index (χ1) is 17.8. The fourth-order valence-electron chi connectivity index (χ4n) is 6.60. The van der Waals surface area contributed by atoms with Gasteiger partial charge in [0.05, 0.1) is 12.7 Å². The summed E-state index contributed by atoms with van der Waals surface area (Å²) >= 11 is 0. The second-order valence-electron chi connectivity index (χ2n) is 11.8. The molecule has 0 unspecified atom stereocenters. The third kappa shape index (κ3) is 4.54. The lowest BCUT2D eigenvalue weighted by atomic mass is 9.69. The van der Waals surface area contributed by atoms with Gasteiger partial charge in [-0.15, -0.1) is 0 Å². The minimum Gasteiger partial charge on any atom is -0.492 e. The quantitative estimate of drug-likeness (QED) is 0.388. The van der Waals surface area contributed by atoms with E-state index in [2.05, 4.69) is 34.7 Å². The second kappa shape index (κ2) is 9.66. The molecular weight excluding hydrogens is 475 g/mol. The van der Waals surface area contributed by atoms with Crippen molar-refractivity contribution in [3.05, 3.63) is 64.9 Å². The molecule has 6 rings (SSSR count). The van der Waals surface area contributed by atoms with Gasteiger partial charge in [0.25, 0.3) is 0 Å². The van der Waals surface area contributed by atoms with Crippen molar-refractivity contribution in [1.29, 1.82) is 0 Å². The maximum Gasteiger partial charge on any atom is 0.135 e. The maximum absolute atomic E-state index is 15.8. The van der Waals surface area contributed by atoms with E-state index in [9.17, 15) is 4.39 Å². The van der Waals surface area contributed by atoms with Crippen LogP contribution >= 0.6 is 0 Å². The Kier molecular flexibility index (Phi) is 6.48. The number of benzene rings is 2. The summed E-state index contributed by atoms with van der Waals surface area (Å²) in [6.45, 7) is 7.32. The summed E-state index contributed by atoms with van der Waals surface area (Å²) in [4.78, 5) is 7.93. The maximum atomic E-state index is 15.8. The molecule has 4 nitrogen and oxygen atoms in total. The SMILES string of the molecule is C[C@@H]1Cc2c([nH]c3ccccc23)[C@@H](c2c(F)cc(OCCN3CC(CF)C3)cc2F)N1CC1(C)CCC1. The summed E-state index contributed by atoms with van der Waals surface area (Å²) in [5.41, 5.74) is 3.31. The Bertz CT molecular complexity index is 1260. The number of aromatic amines is 1. The normalized spacial score (nSPS) is 24.0. The van der Waals surface area contributed by atoms with Gasteiger partial charge in [-0.25, -0.2) is 8.78 Å². The lowest BCUT2D eigenvalue weighted by Crippen LogP contribution is -2.49. The number of aromatic nitrogens is 1. The molecule has 0 spiro atoms. The first-order valence-corrected chi connectivity index (χ1v) is 13.6. The number of likely N-dealkylation sites (tertiary alicyclic amines) is 1. The molecule has 3 heterocycles. The molecule has 1 saturated carbocycles. The fraction of sp³-hybridized carbons (Fsp3) is 0.533. The first-order valence-electron chi connectivity index (χ1n) is 13.6. The van der Waals surface area contributed by atoms with Gasteiger partial charge in [-0.2, -0.15) is 0 Å². The van der Waals surface area contributed by atoms with Gasteiger partial charge in [0, 0.05) is 72.4 Å². The summed E-state index contributed by atoms with van der Waals surface area (Å²) in [6, 6.07) is 10.4. The molecule has 37 heavy (non-hydrogen) atoms. The Morgan fingerprint density at radius 1 is 1.11 bits per heavy atom. The van der Waals surface area contributed by atoms with Gasteiger partial charge in [0.1, 0.15) is 24.0 Å². The smallest absolute Gasteiger partial charge is 0.135 e. The van der Waals surface area contributed by atoms with Crippen LogP contribution in [-0.2, 0) is 6.42 Å². The van der Waals surface area contributed by atoms with Crippen LogP contribution in [0.2, 0.25) is 0 Å². The highest BCUT2D eigenvalue weighted by atomic mass is 19.1.